The molecule has 2 aromatic carbocycles. The smallest absolute Gasteiger partial charge is 0.319 e. The van der Waals surface area contributed by atoms with E-state index in [9.17, 15) is 4.79 Å². The van der Waals surface area contributed by atoms with Crippen LogP contribution in [0.3, 0.4) is 0 Å². The summed E-state index contributed by atoms with van der Waals surface area (Å²) in [5.41, 5.74) is 4.56. The molecule has 168 valence electrons. The van der Waals surface area contributed by atoms with Gasteiger partial charge in [-0.15, -0.1) is 0 Å². The Hall–Kier alpha value is -2.93. The number of nitrogens with one attached hydrogen (secondary N) is 2. The van der Waals surface area contributed by atoms with Crippen LogP contribution in [0.2, 0.25) is 0 Å². The van der Waals surface area contributed by atoms with Gasteiger partial charge in [-0.25, -0.2) is 9.78 Å². The van der Waals surface area contributed by atoms with E-state index in [2.05, 4.69) is 64.1 Å². The average molecular weight is 450 g/mol. The minimum Gasteiger partial charge on any atom is -0.347 e. The van der Waals surface area contributed by atoms with Crippen molar-refractivity contribution < 1.29 is 4.79 Å². The van der Waals surface area contributed by atoms with Crippen molar-refractivity contribution in [3.63, 3.8) is 0 Å². The first-order chi connectivity index (χ1) is 15.6. The Balaban J connectivity index is 1.21. The van der Waals surface area contributed by atoms with Crippen LogP contribution in [-0.2, 0) is 12.8 Å². The summed E-state index contributed by atoms with van der Waals surface area (Å²) in [6, 6.07) is 16.4. The second-order valence-electron chi connectivity index (χ2n) is 8.47. The van der Waals surface area contributed by atoms with Gasteiger partial charge in [-0.1, -0.05) is 48.9 Å². The van der Waals surface area contributed by atoms with Gasteiger partial charge in [0, 0.05) is 43.3 Å². The van der Waals surface area contributed by atoms with Crippen LogP contribution in [0.5, 0.6) is 0 Å². The summed E-state index contributed by atoms with van der Waals surface area (Å²) < 4.78 is 4.56. The molecule has 0 aliphatic carbocycles. The lowest BCUT2D eigenvalue weighted by molar-refractivity contribution is 0.248. The van der Waals surface area contributed by atoms with E-state index in [4.69, 9.17) is 4.98 Å². The van der Waals surface area contributed by atoms with Gasteiger partial charge in [-0.05, 0) is 55.4 Å². The zero-order valence-corrected chi connectivity index (χ0v) is 19.6. The highest BCUT2D eigenvalue weighted by Crippen LogP contribution is 2.25. The molecule has 1 aromatic heterocycles. The molecule has 1 fully saturated rings. The third-order valence-electron chi connectivity index (χ3n) is 5.97. The van der Waals surface area contributed by atoms with E-state index in [0.717, 1.165) is 55.4 Å². The fourth-order valence-electron chi connectivity index (χ4n) is 3.94. The van der Waals surface area contributed by atoms with Crippen molar-refractivity contribution in [3.8, 4) is 0 Å². The monoisotopic (exact) mass is 449 g/mol. The molecule has 2 heterocycles. The molecule has 0 atom stereocenters. The molecule has 32 heavy (non-hydrogen) atoms. The van der Waals surface area contributed by atoms with Crippen LogP contribution >= 0.6 is 11.5 Å². The van der Waals surface area contributed by atoms with Crippen LogP contribution in [0.15, 0.2) is 48.5 Å². The molecule has 1 aliphatic heterocycles. The molecule has 4 rings (SSSR count). The van der Waals surface area contributed by atoms with Gasteiger partial charge in [0.15, 0.2) is 0 Å². The predicted molar refractivity (Wildman–Crippen MR) is 132 cm³/mol. The minimum absolute atomic E-state index is 0.134. The maximum absolute atomic E-state index is 12.3. The van der Waals surface area contributed by atoms with Crippen molar-refractivity contribution in [1.29, 1.82) is 0 Å². The molecular formula is C25H31N5OS. The molecule has 0 saturated carbocycles. The van der Waals surface area contributed by atoms with Gasteiger partial charge in [0.1, 0.15) is 5.82 Å². The number of anilines is 2. The van der Waals surface area contributed by atoms with Gasteiger partial charge < -0.3 is 15.5 Å². The largest absolute Gasteiger partial charge is 0.347 e. The molecule has 0 bridgehead atoms. The van der Waals surface area contributed by atoms with E-state index in [-0.39, 0.29) is 6.03 Å². The van der Waals surface area contributed by atoms with Crippen molar-refractivity contribution in [2.75, 3.05) is 29.9 Å². The number of benzene rings is 2. The van der Waals surface area contributed by atoms with E-state index < -0.39 is 0 Å². The number of carbonyl (C=O) groups is 1. The van der Waals surface area contributed by atoms with Crippen LogP contribution < -0.4 is 15.5 Å². The number of nitrogens with zero attached hydrogens (tertiary/aromatic N) is 3. The first kappa shape index (κ1) is 22.3. The van der Waals surface area contributed by atoms with Crippen molar-refractivity contribution in [2.45, 2.75) is 39.5 Å². The highest BCUT2D eigenvalue weighted by molar-refractivity contribution is 7.09. The zero-order valence-electron chi connectivity index (χ0n) is 18.8. The summed E-state index contributed by atoms with van der Waals surface area (Å²) in [7, 11) is 0. The summed E-state index contributed by atoms with van der Waals surface area (Å²) in [6.45, 7) is 6.80. The minimum atomic E-state index is -0.134. The molecule has 6 nitrogen and oxygen atoms in total. The first-order valence-electron chi connectivity index (χ1n) is 11.4. The van der Waals surface area contributed by atoms with Gasteiger partial charge in [0.2, 0.25) is 5.13 Å². The molecule has 1 aliphatic rings. The number of aryl methyl sites for hydroxylation is 2. The number of amides is 2. The fraction of sp³-hybridized carbons (Fsp3) is 0.400. The zero-order chi connectivity index (χ0) is 22.3. The quantitative estimate of drug-likeness (QED) is 0.530. The Labute approximate surface area is 194 Å². The number of piperidine rings is 1. The maximum Gasteiger partial charge on any atom is 0.319 e. The van der Waals surface area contributed by atoms with Gasteiger partial charge in [-0.2, -0.15) is 4.37 Å². The number of hydrogen-bond acceptors (Lipinski definition) is 5. The van der Waals surface area contributed by atoms with E-state index >= 15 is 0 Å². The van der Waals surface area contributed by atoms with Crippen LogP contribution in [0.1, 0.15) is 42.3 Å². The average Bonchev–Trinajstić information content (AvgIpc) is 3.28. The summed E-state index contributed by atoms with van der Waals surface area (Å²) in [5, 5.41) is 6.98. The number of carbonyl (C=O) groups excluding carboxylic acids is 1. The van der Waals surface area contributed by atoms with Crippen LogP contribution in [0, 0.1) is 12.8 Å². The Morgan fingerprint density at radius 2 is 1.91 bits per heavy atom. The van der Waals surface area contributed by atoms with E-state index in [1.807, 2.05) is 18.2 Å². The molecule has 0 unspecified atom stereocenters. The standard InChI is InChI=1S/C25H31N5OS/c1-3-19-5-4-6-22(15-19)27-24(31)26-17-21-11-13-30(14-12-21)25-28-23(29-32-25)16-20-9-7-18(2)8-10-20/h4-10,15,21H,3,11-14,16-17H2,1-2H3,(H2,26,27,31). The van der Waals surface area contributed by atoms with Crippen molar-refractivity contribution in [1.82, 2.24) is 14.7 Å². The summed E-state index contributed by atoms with van der Waals surface area (Å²) in [6.07, 6.45) is 3.81. The first-order valence-corrected chi connectivity index (χ1v) is 12.1. The second kappa shape index (κ2) is 10.6. The Kier molecular flexibility index (Phi) is 7.37. The number of rotatable bonds is 7. The van der Waals surface area contributed by atoms with Crippen molar-refractivity contribution in [2.24, 2.45) is 5.92 Å². The summed E-state index contributed by atoms with van der Waals surface area (Å²) in [5.74, 6) is 1.38. The second-order valence-corrected chi connectivity index (χ2v) is 9.21. The summed E-state index contributed by atoms with van der Waals surface area (Å²) >= 11 is 1.49. The number of aromatic nitrogens is 2. The third-order valence-corrected chi connectivity index (χ3v) is 6.78. The van der Waals surface area contributed by atoms with Gasteiger partial charge in [0.05, 0.1) is 0 Å². The van der Waals surface area contributed by atoms with Crippen LogP contribution in [-0.4, -0.2) is 35.0 Å². The molecule has 7 heteroatoms. The van der Waals surface area contributed by atoms with Gasteiger partial charge in [-0.3, -0.25) is 0 Å². The van der Waals surface area contributed by atoms with Gasteiger partial charge >= 0.3 is 6.03 Å². The molecule has 2 amide bonds. The lowest BCUT2D eigenvalue weighted by Gasteiger charge is -2.31. The highest BCUT2D eigenvalue weighted by atomic mass is 32.1. The van der Waals surface area contributed by atoms with E-state index in [1.54, 1.807) is 0 Å². The molecule has 0 radical (unpaired) electrons. The Bertz CT molecular complexity index is 1020. The fourth-order valence-corrected chi connectivity index (χ4v) is 4.68. The predicted octanol–water partition coefficient (Wildman–Crippen LogP) is 5.04. The lowest BCUT2D eigenvalue weighted by atomic mass is 9.97. The highest BCUT2D eigenvalue weighted by Gasteiger charge is 2.22. The van der Waals surface area contributed by atoms with Crippen molar-refractivity contribution >= 4 is 28.4 Å². The van der Waals surface area contributed by atoms with Crippen LogP contribution in [0.25, 0.3) is 0 Å². The third kappa shape index (κ3) is 6.07. The topological polar surface area (TPSA) is 70.2 Å². The van der Waals surface area contributed by atoms with E-state index in [0.29, 0.717) is 12.5 Å². The Morgan fingerprint density at radius 3 is 2.66 bits per heavy atom. The molecule has 1 saturated heterocycles. The molecule has 2 N–H and O–H groups in total. The number of hydrogen-bond donors (Lipinski definition) is 2. The normalized spacial score (nSPS) is 14.4. The van der Waals surface area contributed by atoms with Crippen molar-refractivity contribution in [3.05, 3.63) is 71.0 Å². The molecule has 0 spiro atoms. The van der Waals surface area contributed by atoms with Gasteiger partial charge in [0.25, 0.3) is 0 Å². The maximum atomic E-state index is 12.3. The SMILES string of the molecule is CCc1cccc(NC(=O)NCC2CCN(c3nc(Cc4ccc(C)cc4)ns3)CC2)c1. The lowest BCUT2D eigenvalue weighted by Crippen LogP contribution is -2.39. The molecule has 3 aromatic rings. The summed E-state index contributed by atoms with van der Waals surface area (Å²) in [4.78, 5) is 19.4. The molecular weight excluding hydrogens is 418 g/mol. The Morgan fingerprint density at radius 1 is 1.12 bits per heavy atom. The van der Waals surface area contributed by atoms with Crippen LogP contribution in [0.4, 0.5) is 15.6 Å². The van der Waals surface area contributed by atoms with E-state index in [1.165, 1.54) is 28.2 Å². The number of urea groups is 1.